The van der Waals surface area contributed by atoms with Gasteiger partial charge in [0.15, 0.2) is 6.73 Å². The van der Waals surface area contributed by atoms with Gasteiger partial charge < -0.3 is 14.5 Å². The maximum absolute atomic E-state index is 14.7. The van der Waals surface area contributed by atoms with Gasteiger partial charge in [-0.05, 0) is 74.7 Å². The van der Waals surface area contributed by atoms with Crippen molar-refractivity contribution < 1.29 is 13.9 Å². The van der Waals surface area contributed by atoms with Crippen LogP contribution in [0.25, 0.3) is 0 Å². The minimum absolute atomic E-state index is 0.0778. The summed E-state index contributed by atoms with van der Waals surface area (Å²) in [6.07, 6.45) is 2.14. The van der Waals surface area contributed by atoms with E-state index in [4.69, 9.17) is 9.84 Å². The zero-order valence-corrected chi connectivity index (χ0v) is 21.9. The van der Waals surface area contributed by atoms with Crippen molar-refractivity contribution in [3.05, 3.63) is 82.7 Å². The maximum atomic E-state index is 14.7. The number of rotatable bonds is 6. The number of carbonyl (C=O) groups excluding carboxylic acids is 1. The fraction of sp³-hybridized carbons (Fsp3) is 0.414. The van der Waals surface area contributed by atoms with Crippen molar-refractivity contribution in [3.63, 3.8) is 0 Å². The number of ether oxygens (including phenoxy) is 1. The molecule has 1 saturated heterocycles. The summed E-state index contributed by atoms with van der Waals surface area (Å²) in [7, 11) is 2.08. The number of amides is 1. The van der Waals surface area contributed by atoms with Crippen molar-refractivity contribution in [3.8, 4) is 0 Å². The van der Waals surface area contributed by atoms with Gasteiger partial charge >= 0.3 is 0 Å². The van der Waals surface area contributed by atoms with Crippen molar-refractivity contribution in [2.24, 2.45) is 5.10 Å². The number of alkyl halides is 1. The highest BCUT2D eigenvalue weighted by Crippen LogP contribution is 2.45. The van der Waals surface area contributed by atoms with Crippen LogP contribution in [-0.4, -0.2) is 71.3 Å². The Morgan fingerprint density at radius 1 is 1.05 bits per heavy atom. The number of nitrogens with zero attached hydrogens (tertiary/aromatic N) is 6. The molecule has 1 aromatic heterocycles. The molecular weight excluding hydrogens is 483 g/mol. The van der Waals surface area contributed by atoms with Crippen molar-refractivity contribution in [1.82, 2.24) is 19.6 Å². The summed E-state index contributed by atoms with van der Waals surface area (Å²) in [6.45, 7) is 6.11. The minimum Gasteiger partial charge on any atom is -0.452 e. The zero-order chi connectivity index (χ0) is 26.3. The second kappa shape index (κ2) is 9.87. The third-order valence-corrected chi connectivity index (χ3v) is 7.86. The predicted molar refractivity (Wildman–Crippen MR) is 144 cm³/mol. The molecule has 2 fully saturated rings. The van der Waals surface area contributed by atoms with Crippen LogP contribution in [-0.2, 0) is 17.0 Å². The van der Waals surface area contributed by atoms with E-state index >= 15 is 0 Å². The minimum atomic E-state index is -1.17. The van der Waals surface area contributed by atoms with Crippen LogP contribution in [0.2, 0.25) is 0 Å². The Hall–Kier alpha value is -3.72. The standard InChI is InChI=1S/C29H33FN6O2/c1-21-17-26(27-32-36(20-38-27)25-9-7-24(8-10-25)29(30)11-4-12-29)31-35(21)19-22-5-3-6-23(18-22)28(37)34-15-13-33(2)14-16-34/h3,5-10,17-18H,4,11-16,19-20H2,1-2H3. The molecule has 0 radical (unpaired) electrons. The Labute approximate surface area is 222 Å². The number of piperazine rings is 1. The highest BCUT2D eigenvalue weighted by Gasteiger charge is 2.38. The van der Waals surface area contributed by atoms with Gasteiger partial charge in [-0.2, -0.15) is 5.10 Å². The first-order valence-electron chi connectivity index (χ1n) is 13.3. The molecule has 1 saturated carbocycles. The van der Waals surface area contributed by atoms with Crippen LogP contribution in [0.5, 0.6) is 0 Å². The zero-order valence-electron chi connectivity index (χ0n) is 21.9. The molecule has 0 unspecified atom stereocenters. The number of carbonyl (C=O) groups is 1. The van der Waals surface area contributed by atoms with Crippen LogP contribution >= 0.6 is 0 Å². The monoisotopic (exact) mass is 516 g/mol. The van der Waals surface area contributed by atoms with Gasteiger partial charge in [0.05, 0.1) is 12.2 Å². The van der Waals surface area contributed by atoms with Crippen LogP contribution in [0.1, 0.15) is 52.1 Å². The molecule has 0 N–H and O–H groups in total. The molecule has 3 aromatic rings. The third-order valence-electron chi connectivity index (χ3n) is 7.86. The summed E-state index contributed by atoms with van der Waals surface area (Å²) in [5, 5.41) is 11.1. The lowest BCUT2D eigenvalue weighted by Gasteiger charge is -2.34. The molecule has 8 nitrogen and oxygen atoms in total. The van der Waals surface area contributed by atoms with Gasteiger partial charge in [-0.15, -0.1) is 5.10 Å². The van der Waals surface area contributed by atoms with Gasteiger partial charge in [0, 0.05) is 37.4 Å². The first kappa shape index (κ1) is 24.6. The molecule has 1 aliphatic carbocycles. The lowest BCUT2D eigenvalue weighted by atomic mass is 9.77. The second-order valence-electron chi connectivity index (χ2n) is 10.6. The average molecular weight is 517 g/mol. The maximum Gasteiger partial charge on any atom is 0.261 e. The van der Waals surface area contributed by atoms with E-state index in [1.165, 1.54) is 0 Å². The summed E-state index contributed by atoms with van der Waals surface area (Å²) < 4.78 is 22.4. The largest absolute Gasteiger partial charge is 0.452 e. The lowest BCUT2D eigenvalue weighted by molar-refractivity contribution is 0.0609. The van der Waals surface area contributed by atoms with E-state index in [1.54, 1.807) is 5.01 Å². The molecule has 9 heteroatoms. The van der Waals surface area contributed by atoms with E-state index in [9.17, 15) is 9.18 Å². The third kappa shape index (κ3) is 4.78. The molecule has 1 amide bonds. The van der Waals surface area contributed by atoms with E-state index in [2.05, 4.69) is 17.0 Å². The molecular formula is C29H33FN6O2. The number of likely N-dealkylation sites (N-methyl/N-ethyl adjacent to an activating group) is 1. The number of anilines is 1. The van der Waals surface area contributed by atoms with E-state index < -0.39 is 5.67 Å². The van der Waals surface area contributed by atoms with E-state index in [1.807, 2.05) is 71.1 Å². The summed E-state index contributed by atoms with van der Waals surface area (Å²) in [4.78, 5) is 17.2. The SMILES string of the molecule is Cc1cc(C2=NN(c3ccc(C4(F)CCC4)cc3)CO2)nn1Cc1cccc(C(=O)N2CCN(C)CC2)c1. The van der Waals surface area contributed by atoms with Gasteiger partial charge in [-0.3, -0.25) is 9.48 Å². The lowest BCUT2D eigenvalue weighted by Crippen LogP contribution is -2.47. The molecule has 2 aliphatic heterocycles. The Morgan fingerprint density at radius 3 is 2.53 bits per heavy atom. The molecule has 198 valence electrons. The molecule has 3 heterocycles. The highest BCUT2D eigenvalue weighted by molar-refractivity contribution is 5.95. The number of aromatic nitrogens is 2. The van der Waals surface area contributed by atoms with Crippen LogP contribution in [0.3, 0.4) is 0 Å². The predicted octanol–water partition coefficient (Wildman–Crippen LogP) is 4.13. The number of hydrogen-bond acceptors (Lipinski definition) is 6. The summed E-state index contributed by atoms with van der Waals surface area (Å²) in [6, 6.07) is 17.2. The Bertz CT molecular complexity index is 1360. The Balaban J connectivity index is 1.14. The number of hydrazone groups is 1. The summed E-state index contributed by atoms with van der Waals surface area (Å²) in [5.41, 5.74) is 3.76. The fourth-order valence-corrected chi connectivity index (χ4v) is 5.20. The smallest absolute Gasteiger partial charge is 0.261 e. The highest BCUT2D eigenvalue weighted by atomic mass is 19.1. The van der Waals surface area contributed by atoms with Crippen LogP contribution in [0, 0.1) is 6.92 Å². The van der Waals surface area contributed by atoms with Gasteiger partial charge in [0.25, 0.3) is 11.8 Å². The number of halogens is 1. The first-order chi connectivity index (χ1) is 18.4. The summed E-state index contributed by atoms with van der Waals surface area (Å²) >= 11 is 0. The van der Waals surface area contributed by atoms with Gasteiger partial charge in [-0.1, -0.05) is 24.3 Å². The molecule has 0 spiro atoms. The molecule has 38 heavy (non-hydrogen) atoms. The van der Waals surface area contributed by atoms with Gasteiger partial charge in [-0.25, -0.2) is 9.40 Å². The quantitative estimate of drug-likeness (QED) is 0.493. The normalized spacial score (nSPS) is 19.2. The molecule has 6 rings (SSSR count). The number of benzene rings is 2. The topological polar surface area (TPSA) is 66.2 Å². The number of aryl methyl sites for hydroxylation is 1. The molecule has 3 aliphatic rings. The molecule has 0 atom stereocenters. The average Bonchev–Trinajstić information content (AvgIpc) is 3.55. The van der Waals surface area contributed by atoms with E-state index in [0.29, 0.717) is 36.5 Å². The van der Waals surface area contributed by atoms with Crippen molar-refractivity contribution >= 4 is 17.5 Å². The second-order valence-corrected chi connectivity index (χ2v) is 10.6. The van der Waals surface area contributed by atoms with Gasteiger partial charge in [0.1, 0.15) is 11.4 Å². The summed E-state index contributed by atoms with van der Waals surface area (Å²) in [5.74, 6) is 0.532. The van der Waals surface area contributed by atoms with Gasteiger partial charge in [0.2, 0.25) is 0 Å². The van der Waals surface area contributed by atoms with Crippen molar-refractivity contribution in [2.75, 3.05) is 45.0 Å². The van der Waals surface area contributed by atoms with E-state index in [0.717, 1.165) is 55.1 Å². The van der Waals surface area contributed by atoms with Crippen LogP contribution in [0.4, 0.5) is 10.1 Å². The Morgan fingerprint density at radius 2 is 1.82 bits per heavy atom. The van der Waals surface area contributed by atoms with Crippen molar-refractivity contribution in [2.45, 2.75) is 38.4 Å². The first-order valence-corrected chi connectivity index (χ1v) is 13.3. The van der Waals surface area contributed by atoms with Crippen LogP contribution < -0.4 is 5.01 Å². The van der Waals surface area contributed by atoms with E-state index in [-0.39, 0.29) is 12.6 Å². The van der Waals surface area contributed by atoms with Crippen LogP contribution in [0.15, 0.2) is 59.7 Å². The van der Waals surface area contributed by atoms with Crippen molar-refractivity contribution in [1.29, 1.82) is 0 Å². The number of hydrogen-bond donors (Lipinski definition) is 0. The molecule has 2 aromatic carbocycles. The molecule has 0 bridgehead atoms. The fourth-order valence-electron chi connectivity index (χ4n) is 5.20. The Kier molecular flexibility index (Phi) is 6.39.